The van der Waals surface area contributed by atoms with Crippen LogP contribution in [0, 0.1) is 11.7 Å². The maximum absolute atomic E-state index is 13.8. The maximum atomic E-state index is 13.8. The zero-order chi connectivity index (χ0) is 16.7. The van der Waals surface area contributed by atoms with Crippen molar-refractivity contribution in [3.05, 3.63) is 47.8 Å². The highest BCUT2D eigenvalue weighted by Crippen LogP contribution is 2.34. The summed E-state index contributed by atoms with van der Waals surface area (Å²) in [5, 5.41) is 1.55. The van der Waals surface area contributed by atoms with Gasteiger partial charge in [-0.05, 0) is 49.1 Å². The highest BCUT2D eigenvalue weighted by molar-refractivity contribution is 6.17. The Kier molecular flexibility index (Phi) is 3.75. The van der Waals surface area contributed by atoms with Gasteiger partial charge in [0.2, 0.25) is 5.91 Å². The van der Waals surface area contributed by atoms with Crippen LogP contribution in [0.3, 0.4) is 0 Å². The molecule has 1 heterocycles. The molecule has 0 bridgehead atoms. The van der Waals surface area contributed by atoms with E-state index >= 15 is 0 Å². The summed E-state index contributed by atoms with van der Waals surface area (Å²) in [7, 11) is 0. The molecule has 4 heteroatoms. The van der Waals surface area contributed by atoms with Gasteiger partial charge in [0.1, 0.15) is 5.82 Å². The molecule has 3 aromatic rings. The first-order chi connectivity index (χ1) is 11.6. The summed E-state index contributed by atoms with van der Waals surface area (Å²) in [5.74, 6) is -0.125. The Labute approximate surface area is 140 Å². The number of hydrogen-bond acceptors (Lipinski definition) is 1. The third kappa shape index (κ3) is 2.46. The lowest BCUT2D eigenvalue weighted by atomic mass is 9.89. The first-order valence-electron chi connectivity index (χ1n) is 8.65. The third-order valence-corrected chi connectivity index (χ3v) is 5.28. The number of aromatic nitrogens is 1. The number of rotatable bonds is 3. The van der Waals surface area contributed by atoms with Crippen molar-refractivity contribution < 1.29 is 9.18 Å². The van der Waals surface area contributed by atoms with Gasteiger partial charge in [-0.15, -0.1) is 0 Å². The standard InChI is InChI=1S/C20H21FN2O/c21-14-9-10-17-16(11-14)19-15(20(22)24)7-4-8-18(19)23(17)12-13-5-2-1-3-6-13/h4,7-11,13H,1-3,5-6,12H2,(H2,22,24). The van der Waals surface area contributed by atoms with E-state index in [4.69, 9.17) is 5.73 Å². The van der Waals surface area contributed by atoms with Crippen LogP contribution in [0.5, 0.6) is 0 Å². The summed E-state index contributed by atoms with van der Waals surface area (Å²) >= 11 is 0. The third-order valence-electron chi connectivity index (χ3n) is 5.28. The molecule has 1 fully saturated rings. The van der Waals surface area contributed by atoms with Crippen molar-refractivity contribution in [1.82, 2.24) is 4.57 Å². The van der Waals surface area contributed by atoms with E-state index in [0.29, 0.717) is 11.5 Å². The number of amides is 1. The Bertz CT molecular complexity index is 922. The SMILES string of the molecule is NC(=O)c1cccc2c1c1cc(F)ccc1n2CC1CCCCC1. The number of carbonyl (C=O) groups is 1. The minimum Gasteiger partial charge on any atom is -0.366 e. The number of carbonyl (C=O) groups excluding carboxylic acids is 1. The number of nitrogens with two attached hydrogens (primary N) is 1. The second kappa shape index (κ2) is 5.93. The van der Waals surface area contributed by atoms with Crippen LogP contribution >= 0.6 is 0 Å². The lowest BCUT2D eigenvalue weighted by Crippen LogP contribution is -2.14. The Hall–Kier alpha value is -2.36. The molecule has 0 unspecified atom stereocenters. The Morgan fingerprint density at radius 1 is 1.12 bits per heavy atom. The first-order valence-corrected chi connectivity index (χ1v) is 8.65. The molecule has 1 aromatic heterocycles. The summed E-state index contributed by atoms with van der Waals surface area (Å²) < 4.78 is 16.1. The molecule has 1 aliphatic carbocycles. The van der Waals surface area contributed by atoms with Crippen LogP contribution in [-0.2, 0) is 6.54 Å². The molecule has 0 saturated heterocycles. The van der Waals surface area contributed by atoms with Gasteiger partial charge in [-0.3, -0.25) is 4.79 Å². The highest BCUT2D eigenvalue weighted by Gasteiger charge is 2.20. The molecule has 124 valence electrons. The van der Waals surface area contributed by atoms with Crippen molar-refractivity contribution in [2.45, 2.75) is 38.6 Å². The molecule has 2 aromatic carbocycles. The molecule has 3 nitrogen and oxygen atoms in total. The highest BCUT2D eigenvalue weighted by atomic mass is 19.1. The van der Waals surface area contributed by atoms with Crippen LogP contribution in [0.1, 0.15) is 42.5 Å². The van der Waals surface area contributed by atoms with Crippen molar-refractivity contribution >= 4 is 27.7 Å². The smallest absolute Gasteiger partial charge is 0.249 e. The zero-order valence-corrected chi connectivity index (χ0v) is 13.6. The number of primary amides is 1. The van der Waals surface area contributed by atoms with E-state index in [9.17, 15) is 9.18 Å². The van der Waals surface area contributed by atoms with Crippen molar-refractivity contribution in [2.24, 2.45) is 11.7 Å². The molecular weight excluding hydrogens is 303 g/mol. The van der Waals surface area contributed by atoms with Crippen molar-refractivity contribution in [2.75, 3.05) is 0 Å². The fourth-order valence-electron chi connectivity index (χ4n) is 4.15. The first kappa shape index (κ1) is 15.2. The number of nitrogens with zero attached hydrogens (tertiary/aromatic N) is 1. The van der Waals surface area contributed by atoms with Gasteiger partial charge in [0.25, 0.3) is 0 Å². The molecule has 0 spiro atoms. The van der Waals surface area contributed by atoms with Crippen molar-refractivity contribution in [3.8, 4) is 0 Å². The van der Waals surface area contributed by atoms with Crippen molar-refractivity contribution in [3.63, 3.8) is 0 Å². The van der Waals surface area contributed by atoms with Gasteiger partial charge in [-0.1, -0.05) is 25.3 Å². The van der Waals surface area contributed by atoms with Crippen LogP contribution in [0.4, 0.5) is 4.39 Å². The van der Waals surface area contributed by atoms with Gasteiger partial charge in [0.05, 0.1) is 0 Å². The molecule has 1 saturated carbocycles. The maximum Gasteiger partial charge on any atom is 0.249 e. The monoisotopic (exact) mass is 324 g/mol. The lowest BCUT2D eigenvalue weighted by Gasteiger charge is -2.23. The summed E-state index contributed by atoms with van der Waals surface area (Å²) in [5.41, 5.74) is 7.97. The van der Waals surface area contributed by atoms with E-state index in [1.807, 2.05) is 18.2 Å². The molecule has 0 aliphatic heterocycles. The van der Waals surface area contributed by atoms with Gasteiger partial charge in [-0.25, -0.2) is 4.39 Å². The topological polar surface area (TPSA) is 48.0 Å². The normalized spacial score (nSPS) is 16.0. The fourth-order valence-corrected chi connectivity index (χ4v) is 4.15. The van der Waals surface area contributed by atoms with Crippen molar-refractivity contribution in [1.29, 1.82) is 0 Å². The lowest BCUT2D eigenvalue weighted by molar-refractivity contribution is 0.100. The summed E-state index contributed by atoms with van der Waals surface area (Å²) in [6.07, 6.45) is 6.35. The van der Waals surface area contributed by atoms with Gasteiger partial charge in [0.15, 0.2) is 0 Å². The number of fused-ring (bicyclic) bond motifs is 3. The largest absolute Gasteiger partial charge is 0.366 e. The number of benzene rings is 2. The van der Waals surface area contributed by atoms with E-state index < -0.39 is 5.91 Å². The van der Waals surface area contributed by atoms with Crippen LogP contribution in [-0.4, -0.2) is 10.5 Å². The molecule has 2 N–H and O–H groups in total. The summed E-state index contributed by atoms with van der Waals surface area (Å²) in [6, 6.07) is 10.4. The summed E-state index contributed by atoms with van der Waals surface area (Å²) in [6.45, 7) is 0.911. The molecule has 0 atom stereocenters. The van der Waals surface area contributed by atoms with Gasteiger partial charge in [-0.2, -0.15) is 0 Å². The van der Waals surface area contributed by atoms with Gasteiger partial charge in [0, 0.05) is 33.9 Å². The van der Waals surface area contributed by atoms with Gasteiger partial charge < -0.3 is 10.3 Å². The van der Waals surface area contributed by atoms with E-state index in [2.05, 4.69) is 4.57 Å². The average Bonchev–Trinajstić information content (AvgIpc) is 2.89. The Morgan fingerprint density at radius 3 is 2.67 bits per heavy atom. The molecule has 1 aliphatic rings. The molecule has 1 amide bonds. The van der Waals surface area contributed by atoms with E-state index in [1.54, 1.807) is 6.07 Å². The molecular formula is C20H21FN2O. The number of hydrogen-bond donors (Lipinski definition) is 1. The quantitative estimate of drug-likeness (QED) is 0.751. The minimum atomic E-state index is -0.471. The van der Waals surface area contributed by atoms with Crippen LogP contribution in [0.25, 0.3) is 21.8 Å². The second-order valence-electron chi connectivity index (χ2n) is 6.84. The molecule has 4 rings (SSSR count). The zero-order valence-electron chi connectivity index (χ0n) is 13.6. The molecule has 0 radical (unpaired) electrons. The van der Waals surface area contributed by atoms with Crippen LogP contribution in [0.2, 0.25) is 0 Å². The molecule has 24 heavy (non-hydrogen) atoms. The van der Waals surface area contributed by atoms with Crippen LogP contribution < -0.4 is 5.73 Å². The second-order valence-corrected chi connectivity index (χ2v) is 6.84. The minimum absolute atomic E-state index is 0.293. The average molecular weight is 324 g/mol. The van der Waals surface area contributed by atoms with E-state index in [0.717, 1.165) is 28.4 Å². The van der Waals surface area contributed by atoms with Gasteiger partial charge >= 0.3 is 0 Å². The van der Waals surface area contributed by atoms with Crippen LogP contribution in [0.15, 0.2) is 36.4 Å². The number of halogens is 1. The predicted octanol–water partition coefficient (Wildman–Crippen LogP) is 4.61. The Morgan fingerprint density at radius 2 is 1.92 bits per heavy atom. The predicted molar refractivity (Wildman–Crippen MR) is 94.5 cm³/mol. The van der Waals surface area contributed by atoms with E-state index in [-0.39, 0.29) is 5.82 Å². The Balaban J connectivity index is 1.96. The van der Waals surface area contributed by atoms with E-state index in [1.165, 1.54) is 44.2 Å². The summed E-state index contributed by atoms with van der Waals surface area (Å²) in [4.78, 5) is 11.9. The fraction of sp³-hybridized carbons (Fsp3) is 0.350.